The third-order valence-electron chi connectivity index (χ3n) is 3.97. The van der Waals surface area contributed by atoms with E-state index in [0.717, 1.165) is 11.3 Å². The Kier molecular flexibility index (Phi) is 5.10. The minimum absolute atomic E-state index is 0.120. The van der Waals surface area contributed by atoms with Crippen molar-refractivity contribution in [2.45, 2.75) is 45.4 Å². The highest BCUT2D eigenvalue weighted by molar-refractivity contribution is 6.74. The first-order valence-electron chi connectivity index (χ1n) is 6.80. The zero-order valence-electron chi connectivity index (χ0n) is 13.7. The maximum absolute atomic E-state index is 6.37. The van der Waals surface area contributed by atoms with E-state index in [1.165, 1.54) is 0 Å². The number of hydrogen-bond donors (Lipinski definition) is 1. The number of nitrogens with two attached hydrogens (primary N) is 1. The molecule has 0 aliphatic carbocycles. The normalized spacial score (nSPS) is 12.2. The maximum atomic E-state index is 6.37. The van der Waals surface area contributed by atoms with Crippen molar-refractivity contribution in [3.05, 3.63) is 17.7 Å². The SMILES string of the molecule is COc1cc(OC)c(CN)c(O[Si](C)(C)C(C)(C)C)c1. The topological polar surface area (TPSA) is 53.7 Å². The van der Waals surface area contributed by atoms with E-state index >= 15 is 0 Å². The van der Waals surface area contributed by atoms with Gasteiger partial charge in [-0.2, -0.15) is 0 Å². The van der Waals surface area contributed by atoms with Crippen molar-refractivity contribution in [3.8, 4) is 17.2 Å². The van der Waals surface area contributed by atoms with E-state index in [4.69, 9.17) is 19.6 Å². The Balaban J connectivity index is 3.29. The standard InChI is InChI=1S/C15H27NO3Si/c1-15(2,3)20(6,7)19-14-9-11(17-4)8-13(18-5)12(14)10-16/h8-9H,10,16H2,1-7H3. The molecule has 4 nitrogen and oxygen atoms in total. The molecule has 1 aromatic rings. The Morgan fingerprint density at radius 3 is 2.00 bits per heavy atom. The first kappa shape index (κ1) is 16.9. The molecule has 0 heterocycles. The molecule has 2 N–H and O–H groups in total. The fraction of sp³-hybridized carbons (Fsp3) is 0.600. The molecule has 0 saturated carbocycles. The molecule has 0 aliphatic heterocycles. The third kappa shape index (κ3) is 3.46. The molecule has 0 amide bonds. The van der Waals surface area contributed by atoms with Crippen molar-refractivity contribution in [1.82, 2.24) is 0 Å². The summed E-state index contributed by atoms with van der Waals surface area (Å²) in [4.78, 5) is 0. The van der Waals surface area contributed by atoms with E-state index in [2.05, 4.69) is 33.9 Å². The number of ether oxygens (including phenoxy) is 2. The first-order valence-corrected chi connectivity index (χ1v) is 9.71. The average Bonchev–Trinajstić information content (AvgIpc) is 2.35. The van der Waals surface area contributed by atoms with Crippen molar-refractivity contribution in [1.29, 1.82) is 0 Å². The van der Waals surface area contributed by atoms with Gasteiger partial charge in [0.25, 0.3) is 0 Å². The van der Waals surface area contributed by atoms with Gasteiger partial charge in [-0.1, -0.05) is 20.8 Å². The first-order chi connectivity index (χ1) is 9.16. The molecule has 0 saturated heterocycles. The van der Waals surface area contributed by atoms with Crippen molar-refractivity contribution in [2.75, 3.05) is 14.2 Å². The summed E-state index contributed by atoms with van der Waals surface area (Å²) in [6.07, 6.45) is 0. The number of hydrogen-bond acceptors (Lipinski definition) is 4. The second-order valence-corrected chi connectivity index (χ2v) is 11.1. The summed E-state index contributed by atoms with van der Waals surface area (Å²) in [7, 11) is 1.33. The monoisotopic (exact) mass is 297 g/mol. The summed E-state index contributed by atoms with van der Waals surface area (Å²) < 4.78 is 17.1. The van der Waals surface area contributed by atoms with E-state index in [9.17, 15) is 0 Å². The molecule has 0 aliphatic rings. The van der Waals surface area contributed by atoms with Gasteiger partial charge in [0.15, 0.2) is 0 Å². The smallest absolute Gasteiger partial charge is 0.250 e. The molecule has 1 rings (SSSR count). The minimum atomic E-state index is -1.93. The molecule has 0 unspecified atom stereocenters. The average molecular weight is 297 g/mol. The van der Waals surface area contributed by atoms with Crippen LogP contribution in [0.2, 0.25) is 18.1 Å². The van der Waals surface area contributed by atoms with Crippen LogP contribution < -0.4 is 19.6 Å². The van der Waals surface area contributed by atoms with E-state index in [1.807, 2.05) is 12.1 Å². The summed E-state index contributed by atoms with van der Waals surface area (Å²) in [6.45, 7) is 11.4. The minimum Gasteiger partial charge on any atom is -0.543 e. The van der Waals surface area contributed by atoms with Gasteiger partial charge in [-0.3, -0.25) is 0 Å². The van der Waals surface area contributed by atoms with Gasteiger partial charge in [0, 0.05) is 24.2 Å². The molecule has 114 valence electrons. The van der Waals surface area contributed by atoms with Crippen LogP contribution in [0.4, 0.5) is 0 Å². The largest absolute Gasteiger partial charge is 0.543 e. The predicted molar refractivity (Wildman–Crippen MR) is 85.3 cm³/mol. The van der Waals surface area contributed by atoms with Gasteiger partial charge in [0.2, 0.25) is 8.32 Å². The van der Waals surface area contributed by atoms with Gasteiger partial charge in [-0.15, -0.1) is 0 Å². The molecule has 20 heavy (non-hydrogen) atoms. The highest BCUT2D eigenvalue weighted by atomic mass is 28.4. The molecule has 0 bridgehead atoms. The van der Waals surface area contributed by atoms with Crippen LogP contribution in [0.1, 0.15) is 26.3 Å². The van der Waals surface area contributed by atoms with Crippen LogP contribution >= 0.6 is 0 Å². The van der Waals surface area contributed by atoms with Crippen LogP contribution in [-0.4, -0.2) is 22.5 Å². The van der Waals surface area contributed by atoms with Crippen molar-refractivity contribution >= 4 is 8.32 Å². The fourth-order valence-corrected chi connectivity index (χ4v) is 2.65. The Morgan fingerprint density at radius 1 is 1.05 bits per heavy atom. The maximum Gasteiger partial charge on any atom is 0.250 e. The lowest BCUT2D eigenvalue weighted by Crippen LogP contribution is -2.44. The summed E-state index contributed by atoms with van der Waals surface area (Å²) in [5.74, 6) is 2.20. The molecule has 5 heteroatoms. The van der Waals surface area contributed by atoms with Crippen molar-refractivity contribution < 1.29 is 13.9 Å². The van der Waals surface area contributed by atoms with Crippen LogP contribution in [0.3, 0.4) is 0 Å². The van der Waals surface area contributed by atoms with E-state index in [-0.39, 0.29) is 5.04 Å². The third-order valence-corrected chi connectivity index (χ3v) is 8.32. The quantitative estimate of drug-likeness (QED) is 0.845. The Hall–Kier alpha value is -1.20. The lowest BCUT2D eigenvalue weighted by Gasteiger charge is -2.37. The molecular weight excluding hydrogens is 270 g/mol. The lowest BCUT2D eigenvalue weighted by atomic mass is 10.1. The molecule has 0 atom stereocenters. The summed E-state index contributed by atoms with van der Waals surface area (Å²) >= 11 is 0. The number of rotatable bonds is 5. The van der Waals surface area contributed by atoms with Crippen molar-refractivity contribution in [2.24, 2.45) is 5.73 Å². The highest BCUT2D eigenvalue weighted by Gasteiger charge is 2.39. The fourth-order valence-electron chi connectivity index (χ4n) is 1.62. The molecule has 1 aromatic carbocycles. The van der Waals surface area contributed by atoms with Crippen LogP contribution in [-0.2, 0) is 6.54 Å². The van der Waals surface area contributed by atoms with Crippen molar-refractivity contribution in [3.63, 3.8) is 0 Å². The van der Waals surface area contributed by atoms with E-state index in [1.54, 1.807) is 14.2 Å². The Bertz CT molecular complexity index is 467. The summed E-state index contributed by atoms with van der Waals surface area (Å²) in [5.41, 5.74) is 6.75. The molecule has 0 fully saturated rings. The zero-order chi connectivity index (χ0) is 15.6. The highest BCUT2D eigenvalue weighted by Crippen LogP contribution is 2.41. The Morgan fingerprint density at radius 2 is 1.60 bits per heavy atom. The summed E-state index contributed by atoms with van der Waals surface area (Å²) in [6, 6.07) is 3.73. The lowest BCUT2D eigenvalue weighted by molar-refractivity contribution is 0.384. The van der Waals surface area contributed by atoms with Crippen LogP contribution in [0.15, 0.2) is 12.1 Å². The Labute approximate surface area is 123 Å². The second-order valence-electron chi connectivity index (χ2n) is 6.37. The van der Waals surface area contributed by atoms with Gasteiger partial charge in [0.05, 0.1) is 14.2 Å². The number of methoxy groups -OCH3 is 2. The molecule has 0 radical (unpaired) electrons. The molecule has 0 aromatic heterocycles. The van der Waals surface area contributed by atoms with Crippen LogP contribution in [0, 0.1) is 0 Å². The van der Waals surface area contributed by atoms with Gasteiger partial charge >= 0.3 is 0 Å². The second kappa shape index (κ2) is 6.05. The van der Waals surface area contributed by atoms with Crippen LogP contribution in [0.25, 0.3) is 0 Å². The molecule has 0 spiro atoms. The number of benzene rings is 1. The van der Waals surface area contributed by atoms with Crippen LogP contribution in [0.5, 0.6) is 17.2 Å². The van der Waals surface area contributed by atoms with Gasteiger partial charge in [0.1, 0.15) is 17.2 Å². The molecular formula is C15H27NO3Si. The van der Waals surface area contributed by atoms with E-state index < -0.39 is 8.32 Å². The van der Waals surface area contributed by atoms with Gasteiger partial charge in [-0.25, -0.2) is 0 Å². The predicted octanol–water partition coefficient (Wildman–Crippen LogP) is 3.55. The zero-order valence-corrected chi connectivity index (χ0v) is 14.7. The van der Waals surface area contributed by atoms with Gasteiger partial charge in [-0.05, 0) is 18.1 Å². The van der Waals surface area contributed by atoms with Gasteiger partial charge < -0.3 is 19.6 Å². The van der Waals surface area contributed by atoms with E-state index in [0.29, 0.717) is 18.0 Å². The summed E-state index contributed by atoms with van der Waals surface area (Å²) in [5, 5.41) is 0.120.